The molecule has 6 amide bonds. The average molecular weight is 1200 g/mol. The maximum atomic E-state index is 13.7. The summed E-state index contributed by atoms with van der Waals surface area (Å²) in [5.74, 6) is -0.505. The first-order valence-corrected chi connectivity index (χ1v) is 30.9. The fourth-order valence-electron chi connectivity index (χ4n) is 10.2. The molecule has 0 radical (unpaired) electrons. The van der Waals surface area contributed by atoms with Crippen LogP contribution in [-0.4, -0.2) is 132 Å². The van der Waals surface area contributed by atoms with Crippen molar-refractivity contribution in [2.24, 2.45) is 0 Å². The van der Waals surface area contributed by atoms with Gasteiger partial charge in [-0.2, -0.15) is 0 Å². The minimum Gasteiger partial charge on any atom is -0.448 e. The molecule has 22 nitrogen and oxygen atoms in total. The highest BCUT2D eigenvalue weighted by atomic mass is 16.6. The number of anilines is 2. The molecule has 4 aromatic carbocycles. The summed E-state index contributed by atoms with van der Waals surface area (Å²) in [6, 6.07) is 31.0. The first kappa shape index (κ1) is 66.0. The van der Waals surface area contributed by atoms with Crippen LogP contribution in [-0.2, 0) is 64.3 Å². The van der Waals surface area contributed by atoms with Crippen LogP contribution in [0, 0.1) is 0 Å². The van der Waals surface area contributed by atoms with Gasteiger partial charge >= 0.3 is 12.2 Å². The van der Waals surface area contributed by atoms with Crippen LogP contribution in [0.15, 0.2) is 97.1 Å². The highest BCUT2D eigenvalue weighted by Crippen LogP contribution is 2.43. The quantitative estimate of drug-likeness (QED) is 0.0296. The lowest BCUT2D eigenvalue weighted by Gasteiger charge is -2.28. The number of benzene rings is 4. The predicted molar refractivity (Wildman–Crippen MR) is 333 cm³/mol. The van der Waals surface area contributed by atoms with Gasteiger partial charge in [0.2, 0.25) is 23.6 Å². The average Bonchev–Trinajstić information content (AvgIpc) is 2.11. The Morgan fingerprint density at radius 2 is 0.874 bits per heavy atom. The van der Waals surface area contributed by atoms with Crippen LogP contribution in [0.2, 0.25) is 0 Å². The summed E-state index contributed by atoms with van der Waals surface area (Å²) in [6.07, 6.45) is 8.13. The molecular formula is C65H86N12O10. The van der Waals surface area contributed by atoms with Crippen molar-refractivity contribution in [3.63, 3.8) is 0 Å². The Kier molecular flexibility index (Phi) is 27.2. The number of amides is 6. The predicted octanol–water partition coefficient (Wildman–Crippen LogP) is 9.79. The number of rotatable bonds is 31. The summed E-state index contributed by atoms with van der Waals surface area (Å²) in [6.45, 7) is 14.2. The van der Waals surface area contributed by atoms with E-state index in [0.717, 1.165) is 102 Å². The molecule has 2 aliphatic rings. The summed E-state index contributed by atoms with van der Waals surface area (Å²) in [5.41, 5.74) is 9.55. The van der Waals surface area contributed by atoms with Crippen molar-refractivity contribution in [1.29, 1.82) is 0 Å². The van der Waals surface area contributed by atoms with E-state index >= 15 is 0 Å². The molecule has 0 bridgehead atoms. The first-order chi connectivity index (χ1) is 42.6. The van der Waals surface area contributed by atoms with Crippen LogP contribution in [0.4, 0.5) is 21.0 Å². The van der Waals surface area contributed by atoms with E-state index in [1.807, 2.05) is 111 Å². The Balaban J connectivity index is 0.000000249. The summed E-state index contributed by atoms with van der Waals surface area (Å²) in [7, 11) is 0. The molecule has 0 saturated carbocycles. The third-order valence-electron chi connectivity index (χ3n) is 14.5. The lowest BCUT2D eigenvalue weighted by atomic mass is 9.95. The number of ether oxygens (including phenoxy) is 4. The number of hydrogen-bond donors (Lipinski definition) is 4. The molecule has 2 aromatic heterocycles. The normalized spacial score (nSPS) is 11.9. The van der Waals surface area contributed by atoms with E-state index in [2.05, 4.69) is 55.7 Å². The number of fused-ring (bicyclic) bond motifs is 10. The van der Waals surface area contributed by atoms with Crippen molar-refractivity contribution >= 4 is 47.2 Å². The number of carbonyl (C=O) groups is 6. The van der Waals surface area contributed by atoms with Crippen molar-refractivity contribution in [3.8, 4) is 45.0 Å². The molecule has 0 unspecified atom stereocenters. The van der Waals surface area contributed by atoms with E-state index in [9.17, 15) is 28.8 Å². The van der Waals surface area contributed by atoms with E-state index in [0.29, 0.717) is 95.7 Å². The number of aromatic nitrogens is 6. The second-order valence-electron chi connectivity index (χ2n) is 21.1. The van der Waals surface area contributed by atoms with Gasteiger partial charge in [-0.25, -0.2) is 19.0 Å². The van der Waals surface area contributed by atoms with Crippen LogP contribution in [0.3, 0.4) is 0 Å². The molecular weight excluding hydrogens is 1110 g/mol. The molecule has 22 heteroatoms. The molecule has 8 rings (SSSR count). The Morgan fingerprint density at radius 1 is 0.425 bits per heavy atom. The Labute approximate surface area is 510 Å². The van der Waals surface area contributed by atoms with Crippen molar-refractivity contribution in [1.82, 2.24) is 51.3 Å². The summed E-state index contributed by atoms with van der Waals surface area (Å²) < 4.78 is 25.1. The minimum atomic E-state index is -0.459. The third-order valence-corrected chi connectivity index (χ3v) is 14.5. The van der Waals surface area contributed by atoms with Crippen LogP contribution in [0.1, 0.15) is 122 Å². The number of carbonyl (C=O) groups excluding carboxylic acids is 6. The Hall–Kier alpha value is -8.50. The molecule has 2 aliphatic heterocycles. The number of unbranched alkanes of at least 4 members (excludes halogenated alkanes) is 4. The van der Waals surface area contributed by atoms with Gasteiger partial charge in [0, 0.05) is 87.3 Å². The number of alkyl carbamates (subject to hydrolysis) is 2. The van der Waals surface area contributed by atoms with Gasteiger partial charge in [-0.1, -0.05) is 149 Å². The van der Waals surface area contributed by atoms with Crippen LogP contribution in [0.5, 0.6) is 0 Å². The van der Waals surface area contributed by atoms with E-state index in [1.54, 1.807) is 19.2 Å². The maximum absolute atomic E-state index is 13.7. The number of nitrogens with one attached hydrogen (secondary N) is 4. The molecule has 4 N–H and O–H groups in total. The number of nitrogens with zero attached hydrogens (tertiary/aromatic N) is 8. The van der Waals surface area contributed by atoms with Crippen molar-refractivity contribution in [2.75, 3.05) is 75.6 Å². The maximum Gasteiger partial charge on any atom is 0.407 e. The monoisotopic (exact) mass is 1190 g/mol. The second kappa shape index (κ2) is 35.8. The number of hydrogen-bond acceptors (Lipinski definition) is 14. The van der Waals surface area contributed by atoms with Gasteiger partial charge < -0.3 is 50.0 Å². The fourth-order valence-corrected chi connectivity index (χ4v) is 10.2. The van der Waals surface area contributed by atoms with Gasteiger partial charge in [0.05, 0.1) is 62.2 Å². The Bertz CT molecular complexity index is 3180. The molecule has 0 atom stereocenters. The highest BCUT2D eigenvalue weighted by Gasteiger charge is 2.31. The summed E-state index contributed by atoms with van der Waals surface area (Å²) in [5, 5.41) is 29.2. The second-order valence-corrected chi connectivity index (χ2v) is 21.1. The van der Waals surface area contributed by atoms with Gasteiger partial charge in [0.15, 0.2) is 0 Å². The standard InChI is InChI=1S/C33H44N6O5.C32H42N6O5/c1-3-5-10-18-35-33(42)44-23-20-39-32-26-13-7-6-12-25(26)24-38(28-15-9-8-14-27(28)31(32)36-37-39)30(41)17-11-16-29(40)34-19-22-43-21-4-2;1-3-5-10-17-34-32(41)43-22-19-38-31-26-13-8-9-14-27(26)37(23-24-11-6-7-12-25(24)30(31)35-36-38)29(40)16-15-28(39)33-18-21-42-20-4-2/h6-9,12-15H,3-5,10-11,16-24H2,1-2H3,(H,34,40)(H,35,42);6-9,11-14H,3-5,10,15-23H2,1-2H3,(H,33,39)(H,34,41). The molecule has 0 spiro atoms. The summed E-state index contributed by atoms with van der Waals surface area (Å²) in [4.78, 5) is 79.9. The molecule has 0 aliphatic carbocycles. The topological polar surface area (TPSA) is 255 Å². The van der Waals surface area contributed by atoms with Crippen LogP contribution in [0.25, 0.3) is 45.0 Å². The van der Waals surface area contributed by atoms with Crippen LogP contribution >= 0.6 is 0 Å². The van der Waals surface area contributed by atoms with Gasteiger partial charge in [0.25, 0.3) is 0 Å². The molecule has 87 heavy (non-hydrogen) atoms. The van der Waals surface area contributed by atoms with E-state index in [4.69, 9.17) is 18.9 Å². The molecule has 0 saturated heterocycles. The zero-order valence-corrected chi connectivity index (χ0v) is 51.0. The fraction of sp³-hybridized carbons (Fsp3) is 0.477. The lowest BCUT2D eigenvalue weighted by Crippen LogP contribution is -2.34. The van der Waals surface area contributed by atoms with Crippen molar-refractivity contribution in [2.45, 2.75) is 137 Å². The smallest absolute Gasteiger partial charge is 0.407 e. The molecule has 6 aromatic rings. The van der Waals surface area contributed by atoms with Crippen molar-refractivity contribution < 1.29 is 47.7 Å². The van der Waals surface area contributed by atoms with Crippen LogP contribution < -0.4 is 31.1 Å². The SMILES string of the molecule is CCCCCNC(=O)OCCn1nnc2c1-c1ccccc1CN(C(=O)CCCC(=O)NCCOCCC)c1ccccc1-2.CCCCCNC(=O)OCCn1nnc2c1-c1ccccc1N(C(=O)CCC(=O)NCCOCCC)Cc1ccccc1-2. The van der Waals surface area contributed by atoms with Gasteiger partial charge in [-0.3, -0.25) is 19.2 Å². The zero-order valence-electron chi connectivity index (χ0n) is 51.0. The van der Waals surface area contributed by atoms with Gasteiger partial charge in [0.1, 0.15) is 24.6 Å². The minimum absolute atomic E-state index is 0.0593. The first-order valence-electron chi connectivity index (χ1n) is 30.9. The largest absolute Gasteiger partial charge is 0.448 e. The van der Waals surface area contributed by atoms with E-state index < -0.39 is 12.2 Å². The third kappa shape index (κ3) is 19.5. The number of para-hydroxylation sites is 2. The Morgan fingerprint density at radius 3 is 1.43 bits per heavy atom. The van der Waals surface area contributed by atoms with E-state index in [-0.39, 0.29) is 69.1 Å². The van der Waals surface area contributed by atoms with Gasteiger partial charge in [-0.05, 0) is 55.4 Å². The zero-order chi connectivity index (χ0) is 61.6. The van der Waals surface area contributed by atoms with E-state index in [1.165, 1.54) is 0 Å². The lowest BCUT2D eigenvalue weighted by molar-refractivity contribution is -0.125. The molecule has 4 heterocycles. The highest BCUT2D eigenvalue weighted by molar-refractivity contribution is 6.02. The van der Waals surface area contributed by atoms with Gasteiger partial charge in [-0.15, -0.1) is 10.2 Å². The van der Waals surface area contributed by atoms with Crippen molar-refractivity contribution in [3.05, 3.63) is 108 Å². The summed E-state index contributed by atoms with van der Waals surface area (Å²) >= 11 is 0. The molecule has 466 valence electrons. The molecule has 0 fully saturated rings.